The van der Waals surface area contributed by atoms with Crippen molar-refractivity contribution in [1.29, 1.82) is 0 Å². The maximum Gasteiger partial charge on any atom is 0.254 e. The molecule has 0 aliphatic carbocycles. The number of hydrogen-bond acceptors (Lipinski definition) is 3. The van der Waals surface area contributed by atoms with Gasteiger partial charge in [-0.2, -0.15) is 0 Å². The Kier molecular flexibility index (Phi) is 4.33. The number of carbonyl (C=O) groups is 1. The average Bonchev–Trinajstić information content (AvgIpc) is 2.51. The smallest absolute Gasteiger partial charge is 0.254 e. The summed E-state index contributed by atoms with van der Waals surface area (Å²) in [4.78, 5) is 14.2. The minimum Gasteiger partial charge on any atom is -0.383 e. The van der Waals surface area contributed by atoms with Gasteiger partial charge in [0.2, 0.25) is 0 Å². The Labute approximate surface area is 108 Å². The lowest BCUT2D eigenvalue weighted by Gasteiger charge is -2.24. The van der Waals surface area contributed by atoms with Gasteiger partial charge in [0.05, 0.1) is 6.61 Å². The van der Waals surface area contributed by atoms with E-state index in [1.54, 1.807) is 7.11 Å². The Hall–Kier alpha value is -1.39. The molecule has 0 aromatic heterocycles. The molecule has 0 saturated heterocycles. The number of nitrogens with two attached hydrogens (primary N) is 1. The maximum atomic E-state index is 12.4. The van der Waals surface area contributed by atoms with Crippen LogP contribution in [0.4, 0.5) is 0 Å². The Morgan fingerprint density at radius 1 is 1.44 bits per heavy atom. The molecule has 1 heterocycles. The van der Waals surface area contributed by atoms with Crippen LogP contribution in [-0.4, -0.2) is 43.7 Å². The van der Waals surface area contributed by atoms with Crippen molar-refractivity contribution < 1.29 is 9.53 Å². The third kappa shape index (κ3) is 2.89. The second kappa shape index (κ2) is 5.98. The minimum atomic E-state index is -0.121. The summed E-state index contributed by atoms with van der Waals surface area (Å²) in [6.45, 7) is 1.80. The zero-order valence-corrected chi connectivity index (χ0v) is 10.8. The molecule has 0 fully saturated rings. The van der Waals surface area contributed by atoms with Crippen LogP contribution in [0, 0.1) is 0 Å². The number of fused-ring (bicyclic) bond motifs is 1. The van der Waals surface area contributed by atoms with Crippen molar-refractivity contribution in [3.8, 4) is 0 Å². The van der Waals surface area contributed by atoms with Crippen LogP contribution in [0.15, 0.2) is 24.3 Å². The highest BCUT2D eigenvalue weighted by molar-refractivity contribution is 5.96. The fraction of sp³-hybridized carbons (Fsp3) is 0.500. The fourth-order valence-corrected chi connectivity index (χ4v) is 2.40. The summed E-state index contributed by atoms with van der Waals surface area (Å²) in [6.07, 6.45) is 1.94. The van der Waals surface area contributed by atoms with E-state index in [4.69, 9.17) is 10.5 Å². The average molecular weight is 248 g/mol. The second-order valence-electron chi connectivity index (χ2n) is 4.73. The van der Waals surface area contributed by atoms with Crippen molar-refractivity contribution in [3.05, 3.63) is 35.4 Å². The van der Waals surface area contributed by atoms with Gasteiger partial charge in [0.25, 0.3) is 5.91 Å². The van der Waals surface area contributed by atoms with Crippen molar-refractivity contribution in [1.82, 2.24) is 4.90 Å². The molecular formula is C14H20N2O2. The zero-order chi connectivity index (χ0) is 13.0. The summed E-state index contributed by atoms with van der Waals surface area (Å²) >= 11 is 0. The molecule has 18 heavy (non-hydrogen) atoms. The van der Waals surface area contributed by atoms with Gasteiger partial charge in [-0.05, 0) is 24.5 Å². The molecule has 1 amide bonds. The lowest BCUT2D eigenvalue weighted by molar-refractivity contribution is 0.0725. The first-order chi connectivity index (χ1) is 8.72. The quantitative estimate of drug-likeness (QED) is 0.866. The van der Waals surface area contributed by atoms with Gasteiger partial charge >= 0.3 is 0 Å². The molecule has 2 rings (SSSR count). The molecule has 1 aromatic rings. The number of amides is 1. The summed E-state index contributed by atoms with van der Waals surface area (Å²) in [5.74, 6) is 0.0923. The predicted octanol–water partition coefficient (Wildman–Crippen LogP) is 1.05. The topological polar surface area (TPSA) is 55.6 Å². The van der Waals surface area contributed by atoms with Crippen LogP contribution >= 0.6 is 0 Å². The van der Waals surface area contributed by atoms with E-state index in [9.17, 15) is 4.79 Å². The minimum absolute atomic E-state index is 0.0923. The summed E-state index contributed by atoms with van der Waals surface area (Å²) < 4.78 is 5.02. The normalized spacial score (nSPS) is 17.2. The van der Waals surface area contributed by atoms with Gasteiger partial charge in [-0.25, -0.2) is 0 Å². The van der Waals surface area contributed by atoms with Crippen molar-refractivity contribution >= 4 is 5.91 Å². The molecule has 4 nitrogen and oxygen atoms in total. The molecule has 1 atom stereocenters. The van der Waals surface area contributed by atoms with Crippen molar-refractivity contribution in [3.63, 3.8) is 0 Å². The maximum absolute atomic E-state index is 12.4. The number of hydrogen-bond donors (Lipinski definition) is 1. The van der Waals surface area contributed by atoms with Crippen LogP contribution in [0.5, 0.6) is 0 Å². The molecule has 0 spiro atoms. The number of nitrogens with zero attached hydrogens (tertiary/aromatic N) is 1. The van der Waals surface area contributed by atoms with Crippen LogP contribution < -0.4 is 5.73 Å². The van der Waals surface area contributed by atoms with E-state index in [0.29, 0.717) is 13.2 Å². The molecule has 0 radical (unpaired) electrons. The number of methoxy groups -OCH3 is 1. The molecule has 98 valence electrons. The highest BCUT2D eigenvalue weighted by Crippen LogP contribution is 2.18. The van der Waals surface area contributed by atoms with Gasteiger partial charge in [0.1, 0.15) is 0 Å². The van der Waals surface area contributed by atoms with Gasteiger partial charge < -0.3 is 15.4 Å². The molecule has 1 aromatic carbocycles. The Balaban J connectivity index is 2.12. The first-order valence-electron chi connectivity index (χ1n) is 6.34. The van der Waals surface area contributed by atoms with Gasteiger partial charge in [0, 0.05) is 31.8 Å². The number of aryl methyl sites for hydroxylation is 1. The van der Waals surface area contributed by atoms with E-state index >= 15 is 0 Å². The van der Waals surface area contributed by atoms with Gasteiger partial charge in [-0.15, -0.1) is 0 Å². The summed E-state index contributed by atoms with van der Waals surface area (Å²) in [7, 11) is 1.62. The SMILES string of the molecule is COCC(N)CN1CCCc2ccccc2C1=O. The largest absolute Gasteiger partial charge is 0.383 e. The second-order valence-corrected chi connectivity index (χ2v) is 4.73. The number of carbonyl (C=O) groups excluding carboxylic acids is 1. The van der Waals surface area contributed by atoms with Crippen molar-refractivity contribution in [2.75, 3.05) is 26.8 Å². The summed E-state index contributed by atoms with van der Waals surface area (Å²) in [5, 5.41) is 0. The van der Waals surface area contributed by atoms with E-state index in [2.05, 4.69) is 0 Å². The highest BCUT2D eigenvalue weighted by atomic mass is 16.5. The first kappa shape index (κ1) is 13.1. The monoisotopic (exact) mass is 248 g/mol. The van der Waals surface area contributed by atoms with Crippen LogP contribution in [0.3, 0.4) is 0 Å². The molecule has 4 heteroatoms. The fourth-order valence-electron chi connectivity index (χ4n) is 2.40. The van der Waals surface area contributed by atoms with E-state index < -0.39 is 0 Å². The summed E-state index contributed by atoms with van der Waals surface area (Å²) in [6, 6.07) is 7.71. The third-order valence-corrected chi connectivity index (χ3v) is 3.24. The highest BCUT2D eigenvalue weighted by Gasteiger charge is 2.23. The van der Waals surface area contributed by atoms with Crippen molar-refractivity contribution in [2.24, 2.45) is 5.73 Å². The lowest BCUT2D eigenvalue weighted by Crippen LogP contribution is -2.43. The predicted molar refractivity (Wildman–Crippen MR) is 70.5 cm³/mol. The molecule has 1 aliphatic heterocycles. The molecule has 0 saturated carbocycles. The number of rotatable bonds is 4. The Morgan fingerprint density at radius 2 is 2.22 bits per heavy atom. The van der Waals surface area contributed by atoms with E-state index in [0.717, 1.165) is 30.5 Å². The van der Waals surface area contributed by atoms with Crippen LogP contribution in [0.1, 0.15) is 22.3 Å². The molecule has 1 unspecified atom stereocenters. The lowest BCUT2D eigenvalue weighted by atomic mass is 10.0. The van der Waals surface area contributed by atoms with Crippen molar-refractivity contribution in [2.45, 2.75) is 18.9 Å². The number of benzene rings is 1. The number of ether oxygens (including phenoxy) is 1. The van der Waals surface area contributed by atoms with Crippen LogP contribution in [0.25, 0.3) is 0 Å². The third-order valence-electron chi connectivity index (χ3n) is 3.24. The molecule has 2 N–H and O–H groups in total. The zero-order valence-electron chi connectivity index (χ0n) is 10.8. The van der Waals surface area contributed by atoms with Gasteiger partial charge in [-0.3, -0.25) is 4.79 Å². The Morgan fingerprint density at radius 3 is 3.00 bits per heavy atom. The van der Waals surface area contributed by atoms with Crippen LogP contribution in [0.2, 0.25) is 0 Å². The van der Waals surface area contributed by atoms with E-state index in [1.807, 2.05) is 29.2 Å². The Bertz CT molecular complexity index is 420. The molecule has 1 aliphatic rings. The molecular weight excluding hydrogens is 228 g/mol. The first-order valence-corrected chi connectivity index (χ1v) is 6.34. The van der Waals surface area contributed by atoms with Gasteiger partial charge in [0.15, 0.2) is 0 Å². The van der Waals surface area contributed by atoms with Gasteiger partial charge in [-0.1, -0.05) is 18.2 Å². The van der Waals surface area contributed by atoms with E-state index in [1.165, 1.54) is 0 Å². The van der Waals surface area contributed by atoms with E-state index in [-0.39, 0.29) is 11.9 Å². The van der Waals surface area contributed by atoms with Crippen LogP contribution in [-0.2, 0) is 11.2 Å². The summed E-state index contributed by atoms with van der Waals surface area (Å²) in [5.41, 5.74) is 7.89. The molecule has 0 bridgehead atoms. The standard InChI is InChI=1S/C14H20N2O2/c1-18-10-12(15)9-16-8-4-6-11-5-2-3-7-13(11)14(16)17/h2-3,5,7,12H,4,6,8-10,15H2,1H3.